The Kier molecular flexibility index (Phi) is 6.22. The number of primary amides is 1. The van der Waals surface area contributed by atoms with Gasteiger partial charge in [-0.05, 0) is 66.8 Å². The zero-order valence-corrected chi connectivity index (χ0v) is 21.9. The maximum Gasteiger partial charge on any atom is 0.407 e. The van der Waals surface area contributed by atoms with Crippen LogP contribution in [0.25, 0.3) is 16.7 Å². The Hall–Kier alpha value is -4.78. The Balaban J connectivity index is 1.33. The first-order valence-electron chi connectivity index (χ1n) is 12.6. The normalized spacial score (nSPS) is 16.4. The SMILES string of the molecule is NC(=O)c1cn(-c2ccc3c(c2)CCC3)c2nc(Nc3ccc(S(=O)(=O)CC4COC(=O)N4)cc3)ncc2c1=O. The van der Waals surface area contributed by atoms with Gasteiger partial charge in [-0.25, -0.2) is 18.2 Å². The van der Waals surface area contributed by atoms with E-state index < -0.39 is 33.3 Å². The van der Waals surface area contributed by atoms with E-state index in [-0.39, 0.29) is 39.8 Å². The van der Waals surface area contributed by atoms with Gasteiger partial charge in [0.05, 0.1) is 22.1 Å². The van der Waals surface area contributed by atoms with Gasteiger partial charge >= 0.3 is 6.09 Å². The molecule has 2 aromatic heterocycles. The monoisotopic (exact) mass is 560 g/mol. The van der Waals surface area contributed by atoms with Crippen molar-refractivity contribution in [3.8, 4) is 5.69 Å². The molecule has 204 valence electrons. The summed E-state index contributed by atoms with van der Waals surface area (Å²) in [4.78, 5) is 45.1. The summed E-state index contributed by atoms with van der Waals surface area (Å²) in [7, 11) is -3.67. The van der Waals surface area contributed by atoms with Crippen molar-refractivity contribution in [1.29, 1.82) is 0 Å². The van der Waals surface area contributed by atoms with Crippen molar-refractivity contribution in [1.82, 2.24) is 19.9 Å². The van der Waals surface area contributed by atoms with E-state index in [0.717, 1.165) is 24.9 Å². The number of carbonyl (C=O) groups is 2. The number of aromatic nitrogens is 3. The molecular weight excluding hydrogens is 536 g/mol. The number of amides is 2. The van der Waals surface area contributed by atoms with Crippen LogP contribution in [0.3, 0.4) is 0 Å². The van der Waals surface area contributed by atoms with Crippen molar-refractivity contribution >= 4 is 44.5 Å². The van der Waals surface area contributed by atoms with Crippen LogP contribution in [-0.2, 0) is 27.4 Å². The summed E-state index contributed by atoms with van der Waals surface area (Å²) in [6.07, 6.45) is 5.12. The van der Waals surface area contributed by atoms with E-state index in [1.807, 2.05) is 18.2 Å². The molecule has 0 spiro atoms. The molecule has 3 heterocycles. The molecule has 40 heavy (non-hydrogen) atoms. The summed E-state index contributed by atoms with van der Waals surface area (Å²) in [6.45, 7) is -0.00549. The molecule has 2 aromatic carbocycles. The van der Waals surface area contributed by atoms with Crippen LogP contribution >= 0.6 is 0 Å². The lowest BCUT2D eigenvalue weighted by Crippen LogP contribution is -2.33. The van der Waals surface area contributed by atoms with E-state index in [1.54, 1.807) is 16.7 Å². The number of hydrogen-bond donors (Lipinski definition) is 3. The van der Waals surface area contributed by atoms with Crippen molar-refractivity contribution in [3.05, 3.63) is 81.8 Å². The molecule has 1 aliphatic carbocycles. The van der Waals surface area contributed by atoms with E-state index in [2.05, 4.69) is 20.6 Å². The summed E-state index contributed by atoms with van der Waals surface area (Å²) in [6, 6.07) is 11.4. The van der Waals surface area contributed by atoms with Crippen LogP contribution < -0.4 is 21.8 Å². The van der Waals surface area contributed by atoms with Gasteiger partial charge in [0.25, 0.3) is 5.91 Å². The largest absolute Gasteiger partial charge is 0.447 e. The van der Waals surface area contributed by atoms with Crippen LogP contribution in [0.5, 0.6) is 0 Å². The highest BCUT2D eigenvalue weighted by Crippen LogP contribution is 2.26. The molecule has 1 fully saturated rings. The number of alkyl carbamates (subject to hydrolysis) is 1. The first-order chi connectivity index (χ1) is 19.2. The smallest absolute Gasteiger partial charge is 0.407 e. The molecule has 1 atom stereocenters. The molecule has 1 aliphatic heterocycles. The number of fused-ring (bicyclic) bond motifs is 2. The van der Waals surface area contributed by atoms with E-state index in [4.69, 9.17) is 10.5 Å². The van der Waals surface area contributed by atoms with Crippen molar-refractivity contribution in [2.24, 2.45) is 5.73 Å². The Morgan fingerprint density at radius 3 is 2.62 bits per heavy atom. The summed E-state index contributed by atoms with van der Waals surface area (Å²) in [5, 5.41) is 5.62. The van der Waals surface area contributed by atoms with Gasteiger partial charge in [-0.2, -0.15) is 4.98 Å². The van der Waals surface area contributed by atoms with Crippen LogP contribution in [-0.4, -0.2) is 53.4 Å². The molecule has 1 unspecified atom stereocenters. The molecule has 13 heteroatoms. The second-order valence-electron chi connectivity index (χ2n) is 9.71. The molecule has 2 aliphatic rings. The Morgan fingerprint density at radius 1 is 1.12 bits per heavy atom. The number of benzene rings is 2. The molecule has 0 saturated carbocycles. The molecule has 12 nitrogen and oxygen atoms in total. The lowest BCUT2D eigenvalue weighted by Gasteiger charge is -2.14. The van der Waals surface area contributed by atoms with Gasteiger partial charge in [-0.3, -0.25) is 9.59 Å². The van der Waals surface area contributed by atoms with Crippen molar-refractivity contribution < 1.29 is 22.7 Å². The first kappa shape index (κ1) is 25.5. The van der Waals surface area contributed by atoms with Crippen molar-refractivity contribution in [3.63, 3.8) is 0 Å². The number of aryl methyl sites for hydroxylation is 2. The molecule has 0 radical (unpaired) electrons. The lowest BCUT2D eigenvalue weighted by molar-refractivity contribution is 0.0999. The van der Waals surface area contributed by atoms with E-state index in [1.165, 1.54) is 35.7 Å². The predicted octanol–water partition coefficient (Wildman–Crippen LogP) is 1.99. The maximum atomic E-state index is 13.0. The quantitative estimate of drug-likeness (QED) is 0.305. The molecule has 6 rings (SSSR count). The molecule has 0 bridgehead atoms. The van der Waals surface area contributed by atoms with Crippen molar-refractivity contribution in [2.45, 2.75) is 30.2 Å². The van der Waals surface area contributed by atoms with Gasteiger partial charge < -0.3 is 25.7 Å². The van der Waals surface area contributed by atoms with E-state index in [9.17, 15) is 22.8 Å². The maximum absolute atomic E-state index is 13.0. The molecule has 4 N–H and O–H groups in total. The third-order valence-electron chi connectivity index (χ3n) is 7.00. The number of nitrogens with zero attached hydrogens (tertiary/aromatic N) is 3. The summed E-state index contributed by atoms with van der Waals surface area (Å²) in [5.74, 6) is -0.968. The number of pyridine rings is 1. The number of carbonyl (C=O) groups excluding carboxylic acids is 2. The predicted molar refractivity (Wildman–Crippen MR) is 146 cm³/mol. The minimum atomic E-state index is -3.67. The molecular formula is C27H24N6O6S. The number of nitrogens with one attached hydrogen (secondary N) is 2. The number of hydrogen-bond acceptors (Lipinski definition) is 9. The van der Waals surface area contributed by atoms with Crippen molar-refractivity contribution in [2.75, 3.05) is 17.7 Å². The van der Waals surface area contributed by atoms with Crippen LogP contribution in [0.15, 0.2) is 64.5 Å². The van der Waals surface area contributed by atoms with Gasteiger partial charge in [0.1, 0.15) is 12.2 Å². The fraction of sp³-hybridized carbons (Fsp3) is 0.222. The standard InChI is InChI=1S/C27H24N6O6S/c28-24(35)22-12-33(19-7-4-15-2-1-3-16(15)10-19)25-21(23(22)34)11-29-26(32-25)30-17-5-8-20(9-6-17)40(37,38)14-18-13-39-27(36)31-18/h4-12,18H,1-3,13-14H2,(H2,28,35)(H,31,36)(H,29,30,32). The number of nitrogens with two attached hydrogens (primary N) is 1. The van der Waals surface area contributed by atoms with Crippen LogP contribution in [0.1, 0.15) is 27.9 Å². The van der Waals surface area contributed by atoms with Gasteiger partial charge in [-0.15, -0.1) is 0 Å². The number of ether oxygens (including phenoxy) is 1. The summed E-state index contributed by atoms with van der Waals surface area (Å²) >= 11 is 0. The zero-order valence-electron chi connectivity index (χ0n) is 21.1. The second-order valence-corrected chi connectivity index (χ2v) is 11.7. The van der Waals surface area contributed by atoms with Gasteiger partial charge in [-0.1, -0.05) is 6.07 Å². The second kappa shape index (κ2) is 9.75. The van der Waals surface area contributed by atoms with E-state index in [0.29, 0.717) is 5.69 Å². The third-order valence-corrected chi connectivity index (χ3v) is 8.83. The number of cyclic esters (lactones) is 1. The van der Waals surface area contributed by atoms with Crippen LogP contribution in [0, 0.1) is 0 Å². The minimum Gasteiger partial charge on any atom is -0.447 e. The highest BCUT2D eigenvalue weighted by Gasteiger charge is 2.28. The third kappa shape index (κ3) is 4.75. The Bertz CT molecular complexity index is 1850. The number of anilines is 2. The average Bonchev–Trinajstić information content (AvgIpc) is 3.56. The molecule has 2 amide bonds. The van der Waals surface area contributed by atoms with Gasteiger partial charge in [0.15, 0.2) is 15.5 Å². The van der Waals surface area contributed by atoms with Gasteiger partial charge in [0.2, 0.25) is 11.4 Å². The average molecular weight is 561 g/mol. The molecule has 1 saturated heterocycles. The minimum absolute atomic E-state index is 0.00549. The lowest BCUT2D eigenvalue weighted by atomic mass is 10.1. The number of sulfone groups is 1. The zero-order chi connectivity index (χ0) is 28.0. The summed E-state index contributed by atoms with van der Waals surface area (Å²) < 4.78 is 31.9. The highest BCUT2D eigenvalue weighted by molar-refractivity contribution is 7.91. The van der Waals surface area contributed by atoms with E-state index >= 15 is 0 Å². The van der Waals surface area contributed by atoms with Gasteiger partial charge in [0, 0.05) is 23.8 Å². The fourth-order valence-electron chi connectivity index (χ4n) is 5.00. The fourth-order valence-corrected chi connectivity index (χ4v) is 6.46. The topological polar surface area (TPSA) is 175 Å². The Morgan fingerprint density at radius 2 is 1.90 bits per heavy atom. The number of rotatable bonds is 7. The highest BCUT2D eigenvalue weighted by atomic mass is 32.2. The molecule has 4 aromatic rings. The summed E-state index contributed by atoms with van der Waals surface area (Å²) in [5.41, 5.74) is 8.76. The Labute approximate surface area is 228 Å². The van der Waals surface area contributed by atoms with Crippen LogP contribution in [0.4, 0.5) is 16.4 Å². The first-order valence-corrected chi connectivity index (χ1v) is 14.2. The van der Waals surface area contributed by atoms with Crippen LogP contribution in [0.2, 0.25) is 0 Å².